The fourth-order valence-electron chi connectivity index (χ4n) is 1.57. The van der Waals surface area contributed by atoms with Crippen molar-refractivity contribution in [3.8, 4) is 5.75 Å². The maximum absolute atomic E-state index is 11.9. The minimum Gasteiger partial charge on any atom is -0.507 e. The molecule has 21 heavy (non-hydrogen) atoms. The number of aryl methyl sites for hydroxylation is 1. The maximum atomic E-state index is 11.9. The number of phenolic OH excluding ortho intramolecular Hbond substituents is 1. The van der Waals surface area contributed by atoms with Crippen molar-refractivity contribution in [2.75, 3.05) is 6.54 Å². The van der Waals surface area contributed by atoms with Gasteiger partial charge in [-0.15, -0.1) is 6.58 Å². The van der Waals surface area contributed by atoms with Crippen molar-refractivity contribution >= 4 is 17.5 Å². The summed E-state index contributed by atoms with van der Waals surface area (Å²) in [5.74, 6) is -0.808. The zero-order chi connectivity index (χ0) is 15.8. The number of para-hydroxylation sites is 1. The van der Waals surface area contributed by atoms with Crippen molar-refractivity contribution in [2.45, 2.75) is 20.3 Å². The van der Waals surface area contributed by atoms with Gasteiger partial charge < -0.3 is 10.4 Å². The maximum Gasteiger partial charge on any atom is 0.275 e. The van der Waals surface area contributed by atoms with E-state index in [4.69, 9.17) is 0 Å². The Labute approximate surface area is 123 Å². The summed E-state index contributed by atoms with van der Waals surface area (Å²) in [6.45, 7) is 7.21. The lowest BCUT2D eigenvalue weighted by Crippen LogP contribution is -2.26. The molecule has 0 heterocycles. The lowest BCUT2D eigenvalue weighted by atomic mass is 10.1. The number of aromatic hydroxyl groups is 1. The largest absolute Gasteiger partial charge is 0.507 e. The van der Waals surface area contributed by atoms with Gasteiger partial charge in [0.15, 0.2) is 0 Å². The summed E-state index contributed by atoms with van der Waals surface area (Å²) in [7, 11) is 0. The second-order valence-corrected chi connectivity index (χ2v) is 4.53. The second kappa shape index (κ2) is 7.84. The van der Waals surface area contributed by atoms with Crippen LogP contribution >= 0.6 is 0 Å². The quantitative estimate of drug-likeness (QED) is 0.421. The van der Waals surface area contributed by atoms with Gasteiger partial charge in [-0.05, 0) is 25.5 Å². The molecular weight excluding hydrogens is 270 g/mol. The number of hydrogen-bond acceptors (Lipinski definition) is 4. The molecular formula is C15H19N3O3. The van der Waals surface area contributed by atoms with Crippen LogP contribution in [0.2, 0.25) is 0 Å². The van der Waals surface area contributed by atoms with E-state index in [1.54, 1.807) is 32.1 Å². The predicted molar refractivity (Wildman–Crippen MR) is 81.2 cm³/mol. The molecule has 0 fully saturated rings. The summed E-state index contributed by atoms with van der Waals surface area (Å²) in [5, 5.41) is 16.2. The number of nitrogens with zero attached hydrogens (tertiary/aromatic N) is 1. The highest BCUT2D eigenvalue weighted by Gasteiger charge is 2.12. The van der Waals surface area contributed by atoms with Crippen molar-refractivity contribution in [2.24, 2.45) is 5.10 Å². The van der Waals surface area contributed by atoms with Gasteiger partial charge in [0.05, 0.1) is 12.0 Å². The fourth-order valence-corrected chi connectivity index (χ4v) is 1.57. The van der Waals surface area contributed by atoms with E-state index in [1.807, 2.05) is 0 Å². The van der Waals surface area contributed by atoms with E-state index in [0.717, 1.165) is 0 Å². The van der Waals surface area contributed by atoms with E-state index < -0.39 is 5.91 Å². The number of rotatable bonds is 6. The SMILES string of the molecule is C=CCNC(=O)C/C(C)=N\NC(=O)c1cccc(C)c1O. The van der Waals surface area contributed by atoms with Gasteiger partial charge in [-0.3, -0.25) is 9.59 Å². The molecule has 1 aromatic carbocycles. The summed E-state index contributed by atoms with van der Waals surface area (Å²) in [5.41, 5.74) is 3.52. The van der Waals surface area contributed by atoms with Crippen LogP contribution in [0.1, 0.15) is 29.3 Å². The molecule has 2 amide bonds. The summed E-state index contributed by atoms with van der Waals surface area (Å²) in [6, 6.07) is 4.87. The standard InChI is InChI=1S/C15H19N3O3/c1-4-8-16-13(19)9-11(3)17-18-15(21)12-7-5-6-10(2)14(12)20/h4-7,20H,1,8-9H2,2-3H3,(H,16,19)(H,18,21)/b17-11-. The number of phenols is 1. The van der Waals surface area contributed by atoms with Crippen LogP contribution in [0.5, 0.6) is 5.75 Å². The van der Waals surface area contributed by atoms with Gasteiger partial charge in [0, 0.05) is 12.3 Å². The van der Waals surface area contributed by atoms with E-state index >= 15 is 0 Å². The van der Waals surface area contributed by atoms with Crippen LogP contribution in [-0.4, -0.2) is 29.2 Å². The molecule has 1 rings (SSSR count). The number of hydrazone groups is 1. The first kappa shape index (κ1) is 16.4. The lowest BCUT2D eigenvalue weighted by molar-refractivity contribution is -0.119. The van der Waals surface area contributed by atoms with Gasteiger partial charge in [0.2, 0.25) is 5.91 Å². The Kier molecular flexibility index (Phi) is 6.13. The number of hydrogen-bond donors (Lipinski definition) is 3. The minimum absolute atomic E-state index is 0.0772. The number of benzene rings is 1. The average molecular weight is 289 g/mol. The zero-order valence-corrected chi connectivity index (χ0v) is 12.1. The molecule has 0 atom stereocenters. The van der Waals surface area contributed by atoms with Crippen LogP contribution in [-0.2, 0) is 4.79 Å². The molecule has 0 saturated heterocycles. The second-order valence-electron chi connectivity index (χ2n) is 4.53. The molecule has 3 N–H and O–H groups in total. The van der Waals surface area contributed by atoms with E-state index in [2.05, 4.69) is 22.4 Å². The van der Waals surface area contributed by atoms with Crippen LogP contribution < -0.4 is 10.7 Å². The van der Waals surface area contributed by atoms with E-state index in [-0.39, 0.29) is 23.6 Å². The van der Waals surface area contributed by atoms with E-state index in [0.29, 0.717) is 17.8 Å². The molecule has 0 aliphatic carbocycles. The van der Waals surface area contributed by atoms with Gasteiger partial charge in [0.1, 0.15) is 5.75 Å². The van der Waals surface area contributed by atoms with Crippen molar-refractivity contribution in [3.63, 3.8) is 0 Å². The molecule has 112 valence electrons. The third kappa shape index (κ3) is 5.10. The van der Waals surface area contributed by atoms with Gasteiger partial charge in [-0.1, -0.05) is 18.2 Å². The van der Waals surface area contributed by atoms with Gasteiger partial charge in [-0.2, -0.15) is 5.10 Å². The third-order valence-electron chi connectivity index (χ3n) is 2.69. The van der Waals surface area contributed by atoms with E-state index in [9.17, 15) is 14.7 Å². The first-order valence-electron chi connectivity index (χ1n) is 6.45. The monoisotopic (exact) mass is 289 g/mol. The Balaban J connectivity index is 2.62. The number of amides is 2. The molecule has 0 aliphatic heterocycles. The van der Waals surface area contributed by atoms with Gasteiger partial charge in [-0.25, -0.2) is 5.43 Å². The van der Waals surface area contributed by atoms with Crippen LogP contribution in [0.4, 0.5) is 0 Å². The first-order valence-corrected chi connectivity index (χ1v) is 6.45. The fraction of sp³-hybridized carbons (Fsp3) is 0.267. The number of carbonyl (C=O) groups excluding carboxylic acids is 2. The summed E-state index contributed by atoms with van der Waals surface area (Å²) >= 11 is 0. The van der Waals surface area contributed by atoms with Crippen LogP contribution in [0.15, 0.2) is 36.0 Å². The van der Waals surface area contributed by atoms with Crippen LogP contribution in [0.25, 0.3) is 0 Å². The van der Waals surface area contributed by atoms with Gasteiger partial charge in [0.25, 0.3) is 5.91 Å². The highest BCUT2D eigenvalue weighted by Crippen LogP contribution is 2.20. The Bertz CT molecular complexity index is 580. The Morgan fingerprint density at radius 1 is 1.43 bits per heavy atom. The Hall–Kier alpha value is -2.63. The molecule has 0 radical (unpaired) electrons. The molecule has 6 heteroatoms. The summed E-state index contributed by atoms with van der Waals surface area (Å²) < 4.78 is 0. The number of carbonyl (C=O) groups is 2. The molecule has 0 aliphatic rings. The molecule has 0 aromatic heterocycles. The topological polar surface area (TPSA) is 90.8 Å². The lowest BCUT2D eigenvalue weighted by Gasteiger charge is -2.06. The van der Waals surface area contributed by atoms with Gasteiger partial charge >= 0.3 is 0 Å². The average Bonchev–Trinajstić information content (AvgIpc) is 2.45. The normalized spacial score (nSPS) is 10.9. The van der Waals surface area contributed by atoms with Crippen molar-refractivity contribution < 1.29 is 14.7 Å². The van der Waals surface area contributed by atoms with Crippen molar-refractivity contribution in [1.29, 1.82) is 0 Å². The molecule has 6 nitrogen and oxygen atoms in total. The zero-order valence-electron chi connectivity index (χ0n) is 12.1. The van der Waals surface area contributed by atoms with Crippen molar-refractivity contribution in [3.05, 3.63) is 42.0 Å². The smallest absolute Gasteiger partial charge is 0.275 e. The first-order chi connectivity index (χ1) is 9.95. The third-order valence-corrected chi connectivity index (χ3v) is 2.69. The molecule has 0 unspecified atom stereocenters. The molecule has 0 spiro atoms. The van der Waals surface area contributed by atoms with Crippen LogP contribution in [0.3, 0.4) is 0 Å². The van der Waals surface area contributed by atoms with Crippen molar-refractivity contribution in [1.82, 2.24) is 10.7 Å². The summed E-state index contributed by atoms with van der Waals surface area (Å²) in [4.78, 5) is 23.3. The Morgan fingerprint density at radius 2 is 2.14 bits per heavy atom. The molecule has 0 bridgehead atoms. The predicted octanol–water partition coefficient (Wildman–Crippen LogP) is 1.50. The summed E-state index contributed by atoms with van der Waals surface area (Å²) in [6.07, 6.45) is 1.65. The van der Waals surface area contributed by atoms with E-state index in [1.165, 1.54) is 6.07 Å². The number of nitrogens with one attached hydrogen (secondary N) is 2. The highest BCUT2D eigenvalue weighted by atomic mass is 16.3. The molecule has 1 aromatic rings. The molecule has 0 saturated carbocycles. The highest BCUT2D eigenvalue weighted by molar-refractivity contribution is 6.01. The minimum atomic E-state index is -0.526. The Morgan fingerprint density at radius 3 is 2.81 bits per heavy atom. The van der Waals surface area contributed by atoms with Crippen LogP contribution in [0, 0.1) is 6.92 Å².